The second kappa shape index (κ2) is 7.88. The molecule has 0 spiro atoms. The van der Waals surface area contributed by atoms with Crippen molar-refractivity contribution in [2.75, 3.05) is 11.9 Å². The number of anilines is 1. The van der Waals surface area contributed by atoms with Crippen molar-refractivity contribution in [1.82, 2.24) is 14.8 Å². The van der Waals surface area contributed by atoms with Crippen LogP contribution in [0.25, 0.3) is 21.8 Å². The maximum absolute atomic E-state index is 13.1. The highest BCUT2D eigenvalue weighted by Gasteiger charge is 2.22. The number of hydrogen-bond acceptors (Lipinski definition) is 5. The lowest BCUT2D eigenvalue weighted by Crippen LogP contribution is -2.34. The normalized spacial score (nSPS) is 12.2. The van der Waals surface area contributed by atoms with Crippen molar-refractivity contribution in [2.24, 2.45) is 0 Å². The van der Waals surface area contributed by atoms with Gasteiger partial charge in [-0.1, -0.05) is 29.8 Å². The number of para-hydroxylation sites is 1. The number of aromatic amines is 1. The third-order valence-electron chi connectivity index (χ3n) is 5.22. The molecular formula is C22H19ClN4O4. The van der Waals surface area contributed by atoms with Crippen LogP contribution in [0.2, 0.25) is 5.02 Å². The van der Waals surface area contributed by atoms with Gasteiger partial charge in [-0.15, -0.1) is 5.10 Å². The Morgan fingerprint density at radius 3 is 2.65 bits per heavy atom. The summed E-state index contributed by atoms with van der Waals surface area (Å²) in [5, 5.41) is 14.8. The van der Waals surface area contributed by atoms with E-state index in [2.05, 4.69) is 10.1 Å². The van der Waals surface area contributed by atoms with Crippen molar-refractivity contribution in [2.45, 2.75) is 19.4 Å². The molecule has 0 radical (unpaired) electrons. The fraction of sp³-hybridized carbons (Fsp3) is 0.182. The van der Waals surface area contributed by atoms with Gasteiger partial charge < -0.3 is 15.0 Å². The first-order chi connectivity index (χ1) is 14.8. The van der Waals surface area contributed by atoms with E-state index in [4.69, 9.17) is 11.6 Å². The lowest BCUT2D eigenvalue weighted by Gasteiger charge is -2.20. The van der Waals surface area contributed by atoms with Crippen LogP contribution in [0.15, 0.2) is 58.1 Å². The molecule has 0 aliphatic carbocycles. The standard InChI is InChI=1S/C22H19ClN4O4/c1-12(10-17(28)26(2)14-6-4-3-5-7-14)27-22(31)18-19(21(30)25-27)24-16-11-13(23)8-9-15(16)20(18)29/h3-9,11-12H,10H2,1-2H3,(H,24,29)(H,25,30). The van der Waals surface area contributed by atoms with Gasteiger partial charge in [0.05, 0.1) is 11.6 Å². The van der Waals surface area contributed by atoms with Crippen LogP contribution in [-0.2, 0) is 4.79 Å². The Kier molecular flexibility index (Phi) is 5.24. The van der Waals surface area contributed by atoms with Crippen molar-refractivity contribution in [3.8, 4) is 5.88 Å². The fourth-order valence-electron chi connectivity index (χ4n) is 3.52. The Hall–Kier alpha value is -3.65. The molecule has 2 N–H and O–H groups in total. The third kappa shape index (κ3) is 3.66. The molecule has 0 saturated carbocycles. The summed E-state index contributed by atoms with van der Waals surface area (Å²) in [4.78, 5) is 43.1. The fourth-order valence-corrected chi connectivity index (χ4v) is 3.69. The van der Waals surface area contributed by atoms with Crippen LogP contribution < -0.4 is 15.9 Å². The number of aromatic nitrogens is 3. The summed E-state index contributed by atoms with van der Waals surface area (Å²) in [7, 11) is 1.64. The SMILES string of the molecule is CC(CC(=O)N(C)c1ccccc1)n1nc(O)c2[nH]c3cc(Cl)ccc3c(=O)c2c1=O. The van der Waals surface area contributed by atoms with Gasteiger partial charge in [0.15, 0.2) is 0 Å². The number of benzene rings is 2. The van der Waals surface area contributed by atoms with Crippen molar-refractivity contribution in [3.05, 3.63) is 74.1 Å². The largest absolute Gasteiger partial charge is 0.491 e. The molecule has 2 aromatic carbocycles. The molecule has 0 fully saturated rings. The number of fused-ring (bicyclic) bond motifs is 2. The first kappa shape index (κ1) is 20.6. The van der Waals surface area contributed by atoms with Gasteiger partial charge in [-0.25, -0.2) is 4.68 Å². The van der Waals surface area contributed by atoms with E-state index in [1.807, 2.05) is 18.2 Å². The highest BCUT2D eigenvalue weighted by Crippen LogP contribution is 2.22. The maximum atomic E-state index is 13.1. The van der Waals surface area contributed by atoms with E-state index >= 15 is 0 Å². The molecule has 158 valence electrons. The van der Waals surface area contributed by atoms with Crippen LogP contribution in [-0.4, -0.2) is 32.8 Å². The lowest BCUT2D eigenvalue weighted by atomic mass is 10.1. The number of aromatic hydroxyl groups is 1. The lowest BCUT2D eigenvalue weighted by molar-refractivity contribution is -0.119. The molecule has 4 rings (SSSR count). The summed E-state index contributed by atoms with van der Waals surface area (Å²) < 4.78 is 0.978. The number of pyridine rings is 1. The van der Waals surface area contributed by atoms with Gasteiger partial charge in [0.25, 0.3) is 11.4 Å². The second-order valence-corrected chi connectivity index (χ2v) is 7.75. The molecule has 2 heterocycles. The average molecular weight is 439 g/mol. The van der Waals surface area contributed by atoms with Gasteiger partial charge in [-0.2, -0.15) is 0 Å². The number of halogens is 1. The van der Waals surface area contributed by atoms with E-state index in [1.165, 1.54) is 17.0 Å². The number of hydrogen-bond donors (Lipinski definition) is 2. The van der Waals surface area contributed by atoms with Crippen LogP contribution >= 0.6 is 11.6 Å². The average Bonchev–Trinajstić information content (AvgIpc) is 2.75. The second-order valence-electron chi connectivity index (χ2n) is 7.31. The Morgan fingerprint density at radius 1 is 1.23 bits per heavy atom. The number of H-pyrrole nitrogens is 1. The number of nitrogens with one attached hydrogen (secondary N) is 1. The van der Waals surface area contributed by atoms with Crippen LogP contribution in [0.1, 0.15) is 19.4 Å². The number of amides is 1. The molecule has 9 heteroatoms. The summed E-state index contributed by atoms with van der Waals surface area (Å²) in [5.41, 5.74) is -0.207. The molecular weight excluding hydrogens is 420 g/mol. The van der Waals surface area contributed by atoms with E-state index in [9.17, 15) is 19.5 Å². The van der Waals surface area contributed by atoms with Gasteiger partial charge in [-0.3, -0.25) is 14.4 Å². The Labute approximate surface area is 181 Å². The minimum atomic E-state index is -0.693. The highest BCUT2D eigenvalue weighted by molar-refractivity contribution is 6.31. The first-order valence-corrected chi connectivity index (χ1v) is 9.94. The summed E-state index contributed by atoms with van der Waals surface area (Å²) in [6, 6.07) is 13.0. The zero-order chi connectivity index (χ0) is 22.3. The number of nitrogens with zero attached hydrogens (tertiary/aromatic N) is 3. The van der Waals surface area contributed by atoms with Crippen molar-refractivity contribution in [1.29, 1.82) is 0 Å². The quantitative estimate of drug-likeness (QED) is 0.475. The van der Waals surface area contributed by atoms with Crippen molar-refractivity contribution < 1.29 is 9.90 Å². The van der Waals surface area contributed by atoms with Gasteiger partial charge >= 0.3 is 0 Å². The van der Waals surface area contributed by atoms with Gasteiger partial charge in [0, 0.05) is 29.6 Å². The van der Waals surface area contributed by atoms with Crippen molar-refractivity contribution in [3.63, 3.8) is 0 Å². The molecule has 4 aromatic rings. The molecule has 2 aromatic heterocycles. The van der Waals surface area contributed by atoms with Gasteiger partial charge in [0.2, 0.25) is 11.3 Å². The zero-order valence-electron chi connectivity index (χ0n) is 16.8. The van der Waals surface area contributed by atoms with Crippen LogP contribution in [0.3, 0.4) is 0 Å². The van der Waals surface area contributed by atoms with Crippen LogP contribution in [0.5, 0.6) is 5.88 Å². The number of rotatable bonds is 4. The predicted octanol–water partition coefficient (Wildman–Crippen LogP) is 3.21. The predicted molar refractivity (Wildman–Crippen MR) is 120 cm³/mol. The molecule has 8 nitrogen and oxygen atoms in total. The summed E-state index contributed by atoms with van der Waals surface area (Å²) >= 11 is 5.98. The van der Waals surface area contributed by atoms with E-state index < -0.39 is 22.9 Å². The monoisotopic (exact) mass is 438 g/mol. The third-order valence-corrected chi connectivity index (χ3v) is 5.45. The number of carbonyl (C=O) groups excluding carboxylic acids is 1. The Morgan fingerprint density at radius 2 is 1.94 bits per heavy atom. The molecule has 0 bridgehead atoms. The molecule has 0 saturated heterocycles. The Bertz CT molecular complexity index is 1430. The smallest absolute Gasteiger partial charge is 0.280 e. The Balaban J connectivity index is 1.76. The van der Waals surface area contributed by atoms with Crippen molar-refractivity contribution >= 4 is 45.0 Å². The van der Waals surface area contributed by atoms with E-state index in [0.29, 0.717) is 16.2 Å². The number of carbonyl (C=O) groups is 1. The first-order valence-electron chi connectivity index (χ1n) is 9.56. The topological polar surface area (TPSA) is 108 Å². The van der Waals surface area contributed by atoms with Crippen LogP contribution in [0, 0.1) is 0 Å². The van der Waals surface area contributed by atoms with Gasteiger partial charge in [-0.05, 0) is 37.3 Å². The van der Waals surface area contributed by atoms with Gasteiger partial charge in [0.1, 0.15) is 10.9 Å². The minimum Gasteiger partial charge on any atom is -0.491 e. The van der Waals surface area contributed by atoms with E-state index in [1.54, 1.807) is 32.2 Å². The summed E-state index contributed by atoms with van der Waals surface area (Å²) in [5.74, 6) is -0.752. The molecule has 0 aliphatic heterocycles. The highest BCUT2D eigenvalue weighted by atomic mass is 35.5. The van der Waals surface area contributed by atoms with Crippen LogP contribution in [0.4, 0.5) is 5.69 Å². The zero-order valence-corrected chi connectivity index (χ0v) is 17.6. The molecule has 1 atom stereocenters. The maximum Gasteiger partial charge on any atom is 0.280 e. The molecule has 1 amide bonds. The molecule has 0 aliphatic rings. The minimum absolute atomic E-state index is 0.0512. The summed E-state index contributed by atoms with van der Waals surface area (Å²) in [6.45, 7) is 1.63. The molecule has 1 unspecified atom stereocenters. The molecule has 31 heavy (non-hydrogen) atoms. The summed E-state index contributed by atoms with van der Waals surface area (Å²) in [6.07, 6.45) is -0.0512. The van der Waals surface area contributed by atoms with E-state index in [0.717, 1.165) is 4.68 Å². The van der Waals surface area contributed by atoms with E-state index in [-0.39, 0.29) is 28.6 Å².